The topological polar surface area (TPSA) is 67.2 Å². The lowest BCUT2D eigenvalue weighted by atomic mass is 10.0. The monoisotopic (exact) mass is 512 g/mol. The Kier molecular flexibility index (Phi) is 7.10. The van der Waals surface area contributed by atoms with Gasteiger partial charge in [-0.15, -0.1) is 0 Å². The van der Waals surface area contributed by atoms with Gasteiger partial charge in [0.2, 0.25) is 11.9 Å². The third-order valence-corrected chi connectivity index (χ3v) is 6.86. The number of nitrogens with zero attached hydrogens (tertiary/aromatic N) is 3. The molecule has 0 unspecified atom stereocenters. The summed E-state index contributed by atoms with van der Waals surface area (Å²) in [4.78, 5) is 32.9. The number of nitrogens with one attached hydrogen (secondary N) is 1. The minimum atomic E-state index is -0.308. The van der Waals surface area contributed by atoms with E-state index in [-0.39, 0.29) is 24.4 Å². The Morgan fingerprint density at radius 1 is 1.00 bits per heavy atom. The molecule has 1 heterocycles. The van der Waals surface area contributed by atoms with E-state index in [2.05, 4.69) is 31.3 Å². The molecule has 188 valence electrons. The SMILES string of the molecule is CC(C)c1ccc(-n2cc(-c3ccccc3)nc2NC(=O)CN(C(=O)c2ccccc2Cl)C2CC2)cc1. The molecular formula is C30H29ClN4O2. The van der Waals surface area contributed by atoms with E-state index in [1.807, 2.05) is 53.2 Å². The van der Waals surface area contributed by atoms with Crippen LogP contribution in [0, 0.1) is 0 Å². The highest BCUT2D eigenvalue weighted by Gasteiger charge is 2.35. The largest absolute Gasteiger partial charge is 0.326 e. The molecular weight excluding hydrogens is 484 g/mol. The van der Waals surface area contributed by atoms with Crippen LogP contribution in [0.15, 0.2) is 85.1 Å². The van der Waals surface area contributed by atoms with Crippen molar-refractivity contribution in [2.24, 2.45) is 0 Å². The second-order valence-corrected chi connectivity index (χ2v) is 10.0. The Balaban J connectivity index is 1.42. The van der Waals surface area contributed by atoms with Gasteiger partial charge in [0, 0.05) is 23.5 Å². The van der Waals surface area contributed by atoms with Crippen molar-refractivity contribution in [1.29, 1.82) is 0 Å². The normalized spacial score (nSPS) is 13.0. The van der Waals surface area contributed by atoms with E-state index in [1.165, 1.54) is 5.56 Å². The number of rotatable bonds is 8. The van der Waals surface area contributed by atoms with Gasteiger partial charge in [-0.2, -0.15) is 0 Å². The van der Waals surface area contributed by atoms with E-state index in [0.717, 1.165) is 29.8 Å². The predicted molar refractivity (Wildman–Crippen MR) is 147 cm³/mol. The number of aromatic nitrogens is 2. The van der Waals surface area contributed by atoms with E-state index in [0.29, 0.717) is 22.5 Å². The number of hydrogen-bond acceptors (Lipinski definition) is 3. The van der Waals surface area contributed by atoms with Crippen molar-refractivity contribution in [1.82, 2.24) is 14.5 Å². The predicted octanol–water partition coefficient (Wildman–Crippen LogP) is 6.56. The summed E-state index contributed by atoms with van der Waals surface area (Å²) in [5, 5.41) is 3.34. The number of benzene rings is 3. The second kappa shape index (κ2) is 10.6. The highest BCUT2D eigenvalue weighted by molar-refractivity contribution is 6.33. The average Bonchev–Trinajstić information content (AvgIpc) is 3.67. The number of amides is 2. The fourth-order valence-electron chi connectivity index (χ4n) is 4.29. The molecule has 37 heavy (non-hydrogen) atoms. The van der Waals surface area contributed by atoms with E-state index in [1.54, 1.807) is 29.2 Å². The first-order valence-corrected chi connectivity index (χ1v) is 12.9. The van der Waals surface area contributed by atoms with Gasteiger partial charge in [-0.05, 0) is 48.6 Å². The van der Waals surface area contributed by atoms with E-state index < -0.39 is 0 Å². The number of anilines is 1. The Morgan fingerprint density at radius 3 is 2.32 bits per heavy atom. The molecule has 7 heteroatoms. The summed E-state index contributed by atoms with van der Waals surface area (Å²) >= 11 is 6.27. The lowest BCUT2D eigenvalue weighted by Crippen LogP contribution is -2.40. The van der Waals surface area contributed by atoms with Crippen LogP contribution in [0.2, 0.25) is 5.02 Å². The molecule has 5 rings (SSSR count). The zero-order chi connectivity index (χ0) is 25.9. The van der Waals surface area contributed by atoms with Crippen LogP contribution < -0.4 is 5.32 Å². The van der Waals surface area contributed by atoms with Gasteiger partial charge < -0.3 is 4.90 Å². The Bertz CT molecular complexity index is 1410. The first kappa shape index (κ1) is 24.8. The summed E-state index contributed by atoms with van der Waals surface area (Å²) in [5.41, 5.74) is 4.22. The molecule has 0 spiro atoms. The van der Waals surface area contributed by atoms with Crippen LogP contribution in [0.25, 0.3) is 16.9 Å². The van der Waals surface area contributed by atoms with Crippen LogP contribution in [0.4, 0.5) is 5.95 Å². The fourth-order valence-corrected chi connectivity index (χ4v) is 4.51. The van der Waals surface area contributed by atoms with Crippen molar-refractivity contribution in [2.75, 3.05) is 11.9 Å². The summed E-state index contributed by atoms with van der Waals surface area (Å²) in [6, 6.07) is 25.0. The highest BCUT2D eigenvalue weighted by atomic mass is 35.5. The molecule has 1 fully saturated rings. The van der Waals surface area contributed by atoms with E-state index in [4.69, 9.17) is 16.6 Å². The maximum Gasteiger partial charge on any atom is 0.256 e. The molecule has 0 bridgehead atoms. The van der Waals surface area contributed by atoms with Crippen LogP contribution in [-0.2, 0) is 4.79 Å². The molecule has 1 aromatic heterocycles. The summed E-state index contributed by atoms with van der Waals surface area (Å²) in [5.74, 6) is 0.278. The molecule has 0 saturated heterocycles. The number of hydrogen-bond donors (Lipinski definition) is 1. The molecule has 2 amide bonds. The number of imidazole rings is 1. The fraction of sp³-hybridized carbons (Fsp3) is 0.233. The molecule has 6 nitrogen and oxygen atoms in total. The zero-order valence-electron chi connectivity index (χ0n) is 20.9. The van der Waals surface area contributed by atoms with Gasteiger partial charge in [-0.25, -0.2) is 4.98 Å². The summed E-state index contributed by atoms with van der Waals surface area (Å²) in [6.45, 7) is 4.23. The molecule has 0 radical (unpaired) electrons. The molecule has 0 atom stereocenters. The second-order valence-electron chi connectivity index (χ2n) is 9.62. The van der Waals surface area contributed by atoms with Gasteiger partial charge in [0.05, 0.1) is 16.3 Å². The molecule has 1 N–H and O–H groups in total. The van der Waals surface area contributed by atoms with E-state index >= 15 is 0 Å². The third-order valence-electron chi connectivity index (χ3n) is 6.53. The van der Waals surface area contributed by atoms with Crippen molar-refractivity contribution < 1.29 is 9.59 Å². The zero-order valence-corrected chi connectivity index (χ0v) is 21.7. The summed E-state index contributed by atoms with van der Waals surface area (Å²) < 4.78 is 1.88. The van der Waals surface area contributed by atoms with Crippen molar-refractivity contribution in [3.8, 4) is 16.9 Å². The van der Waals surface area contributed by atoms with Crippen LogP contribution in [0.3, 0.4) is 0 Å². The van der Waals surface area contributed by atoms with Crippen molar-refractivity contribution in [2.45, 2.75) is 38.6 Å². The smallest absolute Gasteiger partial charge is 0.256 e. The van der Waals surface area contributed by atoms with E-state index in [9.17, 15) is 9.59 Å². The minimum absolute atomic E-state index is 0.0396. The first-order chi connectivity index (χ1) is 17.9. The maximum absolute atomic E-state index is 13.3. The first-order valence-electron chi connectivity index (χ1n) is 12.5. The molecule has 1 aliphatic rings. The maximum atomic E-state index is 13.3. The Hall–Kier alpha value is -3.90. The number of halogens is 1. The van der Waals surface area contributed by atoms with Crippen LogP contribution in [0.1, 0.15) is 48.5 Å². The summed E-state index contributed by atoms with van der Waals surface area (Å²) in [6.07, 6.45) is 3.67. The Morgan fingerprint density at radius 2 is 1.68 bits per heavy atom. The van der Waals surface area contributed by atoms with Crippen molar-refractivity contribution in [3.05, 3.63) is 101 Å². The lowest BCUT2D eigenvalue weighted by Gasteiger charge is -2.22. The van der Waals surface area contributed by atoms with Gasteiger partial charge in [-0.3, -0.25) is 19.5 Å². The standard InChI is InChI=1S/C30H29ClN4O2/c1-20(2)21-12-14-24(15-13-21)35-18-27(22-8-4-3-5-9-22)32-30(35)33-28(36)19-34(23-16-17-23)29(37)25-10-6-7-11-26(25)31/h3-15,18,20,23H,16-17,19H2,1-2H3,(H,32,33,36). The quantitative estimate of drug-likeness (QED) is 0.291. The average molecular weight is 513 g/mol. The van der Waals surface area contributed by atoms with Crippen LogP contribution in [0.5, 0.6) is 0 Å². The molecule has 0 aliphatic heterocycles. The summed E-state index contributed by atoms with van der Waals surface area (Å²) in [7, 11) is 0. The molecule has 1 aliphatic carbocycles. The minimum Gasteiger partial charge on any atom is -0.326 e. The molecule has 1 saturated carbocycles. The van der Waals surface area contributed by atoms with Crippen molar-refractivity contribution in [3.63, 3.8) is 0 Å². The number of carbonyl (C=O) groups excluding carboxylic acids is 2. The highest BCUT2D eigenvalue weighted by Crippen LogP contribution is 2.30. The lowest BCUT2D eigenvalue weighted by molar-refractivity contribution is -0.117. The molecule has 4 aromatic rings. The van der Waals surface area contributed by atoms with Gasteiger partial charge in [0.25, 0.3) is 5.91 Å². The van der Waals surface area contributed by atoms with Crippen molar-refractivity contribution >= 4 is 29.4 Å². The van der Waals surface area contributed by atoms with Crippen LogP contribution in [-0.4, -0.2) is 38.9 Å². The Labute approximate surface area is 221 Å². The van der Waals surface area contributed by atoms with Gasteiger partial charge in [0.15, 0.2) is 0 Å². The van der Waals surface area contributed by atoms with Gasteiger partial charge in [0.1, 0.15) is 6.54 Å². The third kappa shape index (κ3) is 5.59. The number of carbonyl (C=O) groups is 2. The molecule has 3 aromatic carbocycles. The van der Waals surface area contributed by atoms with Crippen LogP contribution >= 0.6 is 11.6 Å². The van der Waals surface area contributed by atoms with Gasteiger partial charge in [-0.1, -0.05) is 80.0 Å². The van der Waals surface area contributed by atoms with Gasteiger partial charge >= 0.3 is 0 Å².